The van der Waals surface area contributed by atoms with Gasteiger partial charge in [-0.15, -0.1) is 0 Å². The minimum Gasteiger partial charge on any atom is -0.367 e. The van der Waals surface area contributed by atoms with Crippen LogP contribution in [0.2, 0.25) is 0 Å². The number of aromatic nitrogens is 3. The largest absolute Gasteiger partial charge is 0.367 e. The maximum atomic E-state index is 5.97. The molecule has 21 heavy (non-hydrogen) atoms. The van der Waals surface area contributed by atoms with E-state index in [0.29, 0.717) is 5.69 Å². The zero-order valence-corrected chi connectivity index (χ0v) is 13.2. The van der Waals surface area contributed by atoms with Crippen molar-refractivity contribution in [3.63, 3.8) is 0 Å². The second kappa shape index (κ2) is 5.29. The molecule has 5 nitrogen and oxygen atoms in total. The number of benzene rings is 1. The third kappa shape index (κ3) is 2.54. The van der Waals surface area contributed by atoms with Gasteiger partial charge in [0.25, 0.3) is 0 Å². The van der Waals surface area contributed by atoms with Crippen LogP contribution in [-0.2, 0) is 0 Å². The van der Waals surface area contributed by atoms with E-state index in [1.807, 2.05) is 44.2 Å². The van der Waals surface area contributed by atoms with Gasteiger partial charge in [0.15, 0.2) is 0 Å². The van der Waals surface area contributed by atoms with Crippen LogP contribution in [-0.4, -0.2) is 15.4 Å². The summed E-state index contributed by atoms with van der Waals surface area (Å²) in [4.78, 5) is 0. The fourth-order valence-corrected chi connectivity index (χ4v) is 2.60. The van der Waals surface area contributed by atoms with Crippen LogP contribution >= 0.6 is 15.9 Å². The molecular weight excluding hydrogens is 332 g/mol. The van der Waals surface area contributed by atoms with Crippen molar-refractivity contribution in [2.24, 2.45) is 0 Å². The van der Waals surface area contributed by atoms with Crippen LogP contribution < -0.4 is 5.73 Å². The van der Waals surface area contributed by atoms with Crippen molar-refractivity contribution >= 4 is 21.8 Å². The van der Waals surface area contributed by atoms with E-state index >= 15 is 0 Å². The lowest BCUT2D eigenvalue weighted by atomic mass is 10.0. The average molecular weight is 345 g/mol. The molecule has 0 saturated carbocycles. The third-order valence-corrected chi connectivity index (χ3v) is 3.68. The Morgan fingerprint density at radius 1 is 1.14 bits per heavy atom. The summed E-state index contributed by atoms with van der Waals surface area (Å²) >= 11 is 3.46. The first-order valence-corrected chi connectivity index (χ1v) is 7.18. The topological polar surface area (TPSA) is 77.8 Å². The zero-order chi connectivity index (χ0) is 15.0. The lowest BCUT2D eigenvalue weighted by molar-refractivity contribution is 0.439. The third-order valence-electron chi connectivity index (χ3n) is 3.19. The van der Waals surface area contributed by atoms with E-state index in [0.717, 1.165) is 32.6 Å². The van der Waals surface area contributed by atoms with Gasteiger partial charge in [0.1, 0.15) is 5.69 Å². The molecule has 3 rings (SSSR count). The number of aryl methyl sites for hydroxylation is 2. The molecular formula is C15H13BrN4O. The van der Waals surface area contributed by atoms with Gasteiger partial charge in [-0.05, 0) is 37.6 Å². The van der Waals surface area contributed by atoms with Crippen LogP contribution in [0.3, 0.4) is 0 Å². The molecule has 0 aliphatic heterocycles. The number of hydrogen-bond donors (Lipinski definition) is 1. The van der Waals surface area contributed by atoms with E-state index in [2.05, 4.69) is 31.3 Å². The molecule has 106 valence electrons. The number of halogens is 1. The molecule has 0 atom stereocenters. The molecule has 0 aliphatic carbocycles. The summed E-state index contributed by atoms with van der Waals surface area (Å²) in [5.41, 5.74) is 10.8. The first-order valence-electron chi connectivity index (χ1n) is 6.38. The van der Waals surface area contributed by atoms with Gasteiger partial charge in [0, 0.05) is 10.0 Å². The molecule has 0 radical (unpaired) electrons. The molecule has 2 N–H and O–H groups in total. The van der Waals surface area contributed by atoms with Crippen LogP contribution in [0, 0.1) is 13.8 Å². The van der Waals surface area contributed by atoms with Gasteiger partial charge in [-0.1, -0.05) is 33.2 Å². The highest BCUT2D eigenvalue weighted by atomic mass is 79.9. The summed E-state index contributed by atoms with van der Waals surface area (Å²) in [5.74, 6) is 0.289. The quantitative estimate of drug-likeness (QED) is 0.765. The molecule has 0 fully saturated rings. The van der Waals surface area contributed by atoms with Crippen LogP contribution in [0.15, 0.2) is 39.3 Å². The standard InChI is InChI=1S/C15H13BrN4O/c1-8-6-12(9(2)19-18-8)14-13(15(17)21-20-14)10-4-3-5-11(16)7-10/h3-7H,17H2,1-2H3. The Labute approximate surface area is 130 Å². The van der Waals surface area contributed by atoms with Crippen LogP contribution in [0.5, 0.6) is 0 Å². The normalized spacial score (nSPS) is 10.8. The summed E-state index contributed by atoms with van der Waals surface area (Å²) in [6, 6.07) is 9.77. The summed E-state index contributed by atoms with van der Waals surface area (Å²) < 4.78 is 6.17. The SMILES string of the molecule is Cc1cc(-c2noc(N)c2-c2cccc(Br)c2)c(C)nn1. The van der Waals surface area contributed by atoms with Gasteiger partial charge in [0.2, 0.25) is 5.88 Å². The molecule has 0 bridgehead atoms. The Kier molecular flexibility index (Phi) is 3.47. The van der Waals surface area contributed by atoms with Gasteiger partial charge in [-0.2, -0.15) is 10.2 Å². The minimum absolute atomic E-state index is 0.289. The highest BCUT2D eigenvalue weighted by Gasteiger charge is 2.19. The Morgan fingerprint density at radius 2 is 1.95 bits per heavy atom. The summed E-state index contributed by atoms with van der Waals surface area (Å²) in [6.45, 7) is 3.77. The van der Waals surface area contributed by atoms with E-state index < -0.39 is 0 Å². The van der Waals surface area contributed by atoms with Gasteiger partial charge >= 0.3 is 0 Å². The average Bonchev–Trinajstić information content (AvgIpc) is 2.83. The molecule has 3 aromatic rings. The smallest absolute Gasteiger partial charge is 0.230 e. The number of nitrogens with two attached hydrogens (primary N) is 1. The van der Waals surface area contributed by atoms with Crippen LogP contribution in [0.1, 0.15) is 11.4 Å². The number of nitrogens with zero attached hydrogens (tertiary/aromatic N) is 3. The van der Waals surface area contributed by atoms with Crippen LogP contribution in [0.4, 0.5) is 5.88 Å². The second-order valence-electron chi connectivity index (χ2n) is 4.77. The second-order valence-corrected chi connectivity index (χ2v) is 5.68. The van der Waals surface area contributed by atoms with Gasteiger partial charge in [-0.3, -0.25) is 0 Å². The lowest BCUT2D eigenvalue weighted by Gasteiger charge is -2.06. The van der Waals surface area contributed by atoms with E-state index in [1.165, 1.54) is 0 Å². The van der Waals surface area contributed by atoms with Gasteiger partial charge in [-0.25, -0.2) is 0 Å². The van der Waals surface area contributed by atoms with Crippen molar-refractivity contribution in [1.29, 1.82) is 0 Å². The Bertz CT molecular complexity index is 813. The molecule has 0 aliphatic rings. The molecule has 2 heterocycles. The molecule has 2 aromatic heterocycles. The van der Waals surface area contributed by atoms with E-state index in [1.54, 1.807) is 0 Å². The van der Waals surface area contributed by atoms with Crippen molar-refractivity contribution in [2.45, 2.75) is 13.8 Å². The molecule has 0 amide bonds. The molecule has 0 saturated heterocycles. The fraction of sp³-hybridized carbons (Fsp3) is 0.133. The van der Waals surface area contributed by atoms with Crippen molar-refractivity contribution in [3.8, 4) is 22.4 Å². The molecule has 0 unspecified atom stereocenters. The predicted molar refractivity (Wildman–Crippen MR) is 84.6 cm³/mol. The highest BCUT2D eigenvalue weighted by Crippen LogP contribution is 2.37. The summed E-state index contributed by atoms with van der Waals surface area (Å²) in [7, 11) is 0. The lowest BCUT2D eigenvalue weighted by Crippen LogP contribution is -1.95. The predicted octanol–water partition coefficient (Wildman–Crippen LogP) is 3.76. The summed E-state index contributed by atoms with van der Waals surface area (Å²) in [5, 5.41) is 12.3. The van der Waals surface area contributed by atoms with Crippen LogP contribution in [0.25, 0.3) is 22.4 Å². The maximum Gasteiger partial charge on any atom is 0.230 e. The Hall–Kier alpha value is -2.21. The molecule has 1 aromatic carbocycles. The Balaban J connectivity index is 2.24. The molecule has 6 heteroatoms. The number of anilines is 1. The zero-order valence-electron chi connectivity index (χ0n) is 11.6. The number of hydrogen-bond acceptors (Lipinski definition) is 5. The number of rotatable bonds is 2. The maximum absolute atomic E-state index is 5.97. The Morgan fingerprint density at radius 3 is 2.71 bits per heavy atom. The molecule has 0 spiro atoms. The fourth-order valence-electron chi connectivity index (χ4n) is 2.20. The van der Waals surface area contributed by atoms with Gasteiger partial charge < -0.3 is 10.3 Å². The van der Waals surface area contributed by atoms with Crippen molar-refractivity contribution in [2.75, 3.05) is 5.73 Å². The van der Waals surface area contributed by atoms with E-state index in [9.17, 15) is 0 Å². The highest BCUT2D eigenvalue weighted by molar-refractivity contribution is 9.10. The number of nitrogen functional groups attached to an aromatic ring is 1. The summed E-state index contributed by atoms with van der Waals surface area (Å²) in [6.07, 6.45) is 0. The first-order chi connectivity index (χ1) is 10.1. The monoisotopic (exact) mass is 344 g/mol. The van der Waals surface area contributed by atoms with Crippen molar-refractivity contribution in [3.05, 3.63) is 46.2 Å². The first kappa shape index (κ1) is 13.8. The van der Waals surface area contributed by atoms with E-state index in [4.69, 9.17) is 10.3 Å². The van der Waals surface area contributed by atoms with Gasteiger partial charge in [0.05, 0.1) is 17.0 Å². The van der Waals surface area contributed by atoms with Crippen molar-refractivity contribution < 1.29 is 4.52 Å². The van der Waals surface area contributed by atoms with Crippen molar-refractivity contribution in [1.82, 2.24) is 15.4 Å². The van der Waals surface area contributed by atoms with E-state index in [-0.39, 0.29) is 5.88 Å². The minimum atomic E-state index is 0.289.